The molecule has 48 heavy (non-hydrogen) atoms. The Bertz CT molecular complexity index is 687. The molecule has 0 bridgehead atoms. The molecule has 1 unspecified atom stereocenters. The van der Waals surface area contributed by atoms with Crippen molar-refractivity contribution < 1.29 is 68.5 Å². The maximum atomic E-state index is 11.0. The summed E-state index contributed by atoms with van der Waals surface area (Å²) in [6.07, 6.45) is 51.2. The van der Waals surface area contributed by atoms with Crippen LogP contribution in [0.5, 0.6) is 0 Å². The molecule has 0 aromatic rings. The molecule has 0 radical (unpaired) electrons. The summed E-state index contributed by atoms with van der Waals surface area (Å²) in [5.41, 5.74) is 0. The normalized spacial score (nSPS) is 12.4. The van der Waals surface area contributed by atoms with Gasteiger partial charge in [0.1, 0.15) is 0 Å². The van der Waals surface area contributed by atoms with Gasteiger partial charge < -0.3 is 4.55 Å². The van der Waals surface area contributed by atoms with Crippen molar-refractivity contribution in [2.45, 2.75) is 258 Å². The first-order chi connectivity index (χ1) is 23.0. The third-order valence-corrected chi connectivity index (χ3v) is 10.8. The van der Waals surface area contributed by atoms with E-state index in [2.05, 4.69) is 18.0 Å². The molecule has 0 spiro atoms. The van der Waals surface area contributed by atoms with E-state index in [0.717, 1.165) is 25.7 Å². The molecular weight excluding hydrogens is 640 g/mol. The summed E-state index contributed by atoms with van der Waals surface area (Å²) in [6, 6.07) is 0. The van der Waals surface area contributed by atoms with Crippen LogP contribution >= 0.6 is 0 Å². The largest absolute Gasteiger partial charge is 1.00 e. The molecule has 0 aromatic heterocycles. The Hall–Kier alpha value is 1.51. The second-order valence-corrected chi connectivity index (χ2v) is 16.2. The summed E-state index contributed by atoms with van der Waals surface area (Å²) in [5, 5.41) is 0. The third kappa shape index (κ3) is 45.5. The summed E-state index contributed by atoms with van der Waals surface area (Å²) in [4.78, 5) is 0. The van der Waals surface area contributed by atoms with Crippen LogP contribution < -0.4 is 51.4 Å². The maximum Gasteiger partial charge on any atom is 1.00 e. The zero-order valence-corrected chi connectivity index (χ0v) is 37.1. The molecular formula is C42H85KO4S. The van der Waals surface area contributed by atoms with E-state index in [4.69, 9.17) is 0 Å². The van der Waals surface area contributed by atoms with Crippen molar-refractivity contribution >= 4 is 10.4 Å². The molecule has 0 amide bonds. The standard InChI is InChI=1S/C42H86O4S.K/c1-3-5-7-9-11-13-15-17-19-21-22-24-26-28-30-32-34-36-38-40-42(41-46-47(43,44)45)39-37-35-33-31-29-27-25-23-20-18-16-14-12-10-8-6-4-2;/h42H,3-41H2,1-2H3,(H,43,44,45);/q;+1/p-1. The molecule has 0 aromatic carbocycles. The molecule has 6 heteroatoms. The zero-order chi connectivity index (χ0) is 34.4. The summed E-state index contributed by atoms with van der Waals surface area (Å²) < 4.78 is 37.8. The van der Waals surface area contributed by atoms with Gasteiger partial charge in [0.05, 0.1) is 6.61 Å². The van der Waals surface area contributed by atoms with Crippen molar-refractivity contribution in [3.8, 4) is 0 Å². The fourth-order valence-electron chi connectivity index (χ4n) is 7.16. The van der Waals surface area contributed by atoms with E-state index in [1.807, 2.05) is 0 Å². The van der Waals surface area contributed by atoms with Crippen LogP contribution in [-0.2, 0) is 14.6 Å². The van der Waals surface area contributed by atoms with Crippen LogP contribution in [0.3, 0.4) is 0 Å². The minimum atomic E-state index is -4.59. The monoisotopic (exact) mass is 725 g/mol. The van der Waals surface area contributed by atoms with Crippen molar-refractivity contribution in [2.75, 3.05) is 6.61 Å². The molecule has 0 saturated heterocycles. The van der Waals surface area contributed by atoms with Crippen LogP contribution in [0.25, 0.3) is 0 Å². The smallest absolute Gasteiger partial charge is 0.726 e. The van der Waals surface area contributed by atoms with Crippen LogP contribution in [-0.4, -0.2) is 19.6 Å². The topological polar surface area (TPSA) is 66.4 Å². The molecule has 0 saturated carbocycles. The van der Waals surface area contributed by atoms with Crippen LogP contribution in [0.1, 0.15) is 258 Å². The van der Waals surface area contributed by atoms with E-state index in [0.29, 0.717) is 0 Å². The Balaban J connectivity index is 0. The fourth-order valence-corrected chi connectivity index (χ4v) is 7.52. The first-order valence-electron chi connectivity index (χ1n) is 21.6. The van der Waals surface area contributed by atoms with E-state index in [9.17, 15) is 13.0 Å². The number of unbranched alkanes of at least 4 members (excludes halogenated alkanes) is 34. The van der Waals surface area contributed by atoms with Crippen molar-refractivity contribution in [2.24, 2.45) is 5.92 Å². The van der Waals surface area contributed by atoms with Crippen LogP contribution in [0.15, 0.2) is 0 Å². The Morgan fingerprint density at radius 1 is 0.375 bits per heavy atom. The molecule has 0 rings (SSSR count). The zero-order valence-electron chi connectivity index (χ0n) is 33.2. The molecule has 0 fully saturated rings. The summed E-state index contributed by atoms with van der Waals surface area (Å²) >= 11 is 0. The molecule has 0 aliphatic rings. The molecule has 284 valence electrons. The average molecular weight is 725 g/mol. The fraction of sp³-hybridized carbons (Fsp3) is 1.00. The first-order valence-corrected chi connectivity index (χ1v) is 22.9. The van der Waals surface area contributed by atoms with Crippen molar-refractivity contribution in [3.63, 3.8) is 0 Å². The molecule has 0 aliphatic heterocycles. The van der Waals surface area contributed by atoms with E-state index >= 15 is 0 Å². The molecule has 0 aliphatic carbocycles. The second-order valence-electron chi connectivity index (χ2n) is 15.2. The van der Waals surface area contributed by atoms with Gasteiger partial charge in [0, 0.05) is 0 Å². The molecule has 0 heterocycles. The summed E-state index contributed by atoms with van der Waals surface area (Å²) in [6.45, 7) is 4.65. The summed E-state index contributed by atoms with van der Waals surface area (Å²) in [7, 11) is -4.59. The minimum absolute atomic E-state index is 0. The van der Waals surface area contributed by atoms with Gasteiger partial charge in [0.2, 0.25) is 10.4 Å². The van der Waals surface area contributed by atoms with E-state index in [1.165, 1.54) is 218 Å². The van der Waals surface area contributed by atoms with Crippen molar-refractivity contribution in [1.29, 1.82) is 0 Å². The van der Waals surface area contributed by atoms with E-state index in [1.54, 1.807) is 0 Å². The van der Waals surface area contributed by atoms with Gasteiger partial charge in [0.25, 0.3) is 0 Å². The van der Waals surface area contributed by atoms with Crippen LogP contribution in [0.2, 0.25) is 0 Å². The van der Waals surface area contributed by atoms with Gasteiger partial charge in [-0.3, -0.25) is 4.18 Å². The molecule has 4 nitrogen and oxygen atoms in total. The Morgan fingerprint density at radius 2 is 0.562 bits per heavy atom. The van der Waals surface area contributed by atoms with Gasteiger partial charge in [-0.1, -0.05) is 245 Å². The summed E-state index contributed by atoms with van der Waals surface area (Å²) in [5.74, 6) is 0.195. The average Bonchev–Trinajstić information content (AvgIpc) is 3.05. The van der Waals surface area contributed by atoms with Gasteiger partial charge in [0.15, 0.2) is 0 Å². The Kier molecular flexibility index (Phi) is 46.1. The second kappa shape index (κ2) is 42.9. The molecule has 0 N–H and O–H groups in total. The predicted molar refractivity (Wildman–Crippen MR) is 206 cm³/mol. The predicted octanol–water partition coefficient (Wildman–Crippen LogP) is 11.9. The van der Waals surface area contributed by atoms with Gasteiger partial charge in [-0.15, -0.1) is 0 Å². The van der Waals surface area contributed by atoms with Gasteiger partial charge in [-0.05, 0) is 18.8 Å². The first kappa shape index (κ1) is 51.6. The molecule has 1 atom stereocenters. The maximum absolute atomic E-state index is 11.0. The van der Waals surface area contributed by atoms with Crippen molar-refractivity contribution in [1.82, 2.24) is 0 Å². The van der Waals surface area contributed by atoms with E-state index < -0.39 is 10.4 Å². The number of hydrogen-bond donors (Lipinski definition) is 0. The number of hydrogen-bond acceptors (Lipinski definition) is 4. The van der Waals surface area contributed by atoms with Gasteiger partial charge >= 0.3 is 51.4 Å². The Morgan fingerprint density at radius 3 is 0.750 bits per heavy atom. The third-order valence-electron chi connectivity index (χ3n) is 10.4. The van der Waals surface area contributed by atoms with E-state index in [-0.39, 0.29) is 63.9 Å². The van der Waals surface area contributed by atoms with Crippen LogP contribution in [0, 0.1) is 5.92 Å². The Labute approximate surface area is 346 Å². The minimum Gasteiger partial charge on any atom is -0.726 e. The van der Waals surface area contributed by atoms with Crippen LogP contribution in [0.4, 0.5) is 0 Å². The number of rotatable bonds is 41. The van der Waals surface area contributed by atoms with Gasteiger partial charge in [-0.2, -0.15) is 0 Å². The van der Waals surface area contributed by atoms with Crippen molar-refractivity contribution in [3.05, 3.63) is 0 Å². The quantitative estimate of drug-likeness (QED) is 0.0272. The SMILES string of the molecule is CCCCCCCCCCCCCCCCCCCCCC(CCCCCCCCCCCCCCCCCCC)COS(=O)(=O)[O-].[K+]. The van der Waals surface area contributed by atoms with Gasteiger partial charge in [-0.25, -0.2) is 8.42 Å².